The Morgan fingerprint density at radius 1 is 1.30 bits per heavy atom. The van der Waals surface area contributed by atoms with Crippen molar-refractivity contribution < 1.29 is 14.1 Å². The molecule has 0 aromatic carbocycles. The molecule has 23 heavy (non-hydrogen) atoms. The lowest BCUT2D eigenvalue weighted by Gasteiger charge is -2.18. The predicted octanol–water partition coefficient (Wildman–Crippen LogP) is 1.17. The maximum Gasteiger partial charge on any atom is 0.242 e. The van der Waals surface area contributed by atoms with Gasteiger partial charge in [0.05, 0.1) is 30.6 Å². The minimum absolute atomic E-state index is 0.00938. The first-order valence-electron chi connectivity index (χ1n) is 7.81. The molecule has 124 valence electrons. The second-order valence-electron chi connectivity index (χ2n) is 6.20. The zero-order valence-electron chi connectivity index (χ0n) is 13.7. The van der Waals surface area contributed by atoms with Gasteiger partial charge in [-0.1, -0.05) is 5.16 Å². The number of carbonyl (C=O) groups excluding carboxylic acids is 1. The predicted molar refractivity (Wildman–Crippen MR) is 82.9 cm³/mol. The van der Waals surface area contributed by atoms with Gasteiger partial charge < -0.3 is 14.6 Å². The Morgan fingerprint density at radius 2 is 2.13 bits per heavy atom. The van der Waals surface area contributed by atoms with Crippen LogP contribution in [-0.2, 0) is 22.5 Å². The Morgan fingerprint density at radius 3 is 2.78 bits per heavy atom. The maximum atomic E-state index is 12.3. The van der Waals surface area contributed by atoms with Gasteiger partial charge in [0.25, 0.3) is 0 Å². The van der Waals surface area contributed by atoms with Crippen molar-refractivity contribution in [2.45, 2.75) is 39.8 Å². The second-order valence-corrected chi connectivity index (χ2v) is 6.20. The largest absolute Gasteiger partial charge is 0.379 e. The zero-order valence-corrected chi connectivity index (χ0v) is 13.7. The summed E-state index contributed by atoms with van der Waals surface area (Å²) in [5.41, 5.74) is 2.76. The van der Waals surface area contributed by atoms with E-state index in [0.29, 0.717) is 19.6 Å². The topological polar surface area (TPSA) is 82.2 Å². The molecule has 1 amide bonds. The summed E-state index contributed by atoms with van der Waals surface area (Å²) < 4.78 is 12.5. The molecule has 2 aromatic rings. The van der Waals surface area contributed by atoms with Crippen LogP contribution >= 0.6 is 0 Å². The van der Waals surface area contributed by atoms with E-state index in [1.165, 1.54) is 0 Å². The van der Waals surface area contributed by atoms with Crippen LogP contribution in [0.25, 0.3) is 0 Å². The highest BCUT2D eigenvalue weighted by atomic mass is 16.5. The fraction of sp³-hybridized carbons (Fsp3) is 0.562. The normalized spacial score (nSPS) is 20.8. The third-order valence-corrected chi connectivity index (χ3v) is 4.08. The molecular weight excluding hydrogens is 296 g/mol. The number of carbonyl (C=O) groups is 1. The number of nitrogens with zero attached hydrogens (tertiary/aromatic N) is 3. The summed E-state index contributed by atoms with van der Waals surface area (Å²) in [6, 6.07) is 3.87. The van der Waals surface area contributed by atoms with Crippen molar-refractivity contribution in [2.24, 2.45) is 5.92 Å². The van der Waals surface area contributed by atoms with Crippen molar-refractivity contribution in [2.75, 3.05) is 13.2 Å². The lowest BCUT2D eigenvalue weighted by Crippen LogP contribution is -2.42. The molecule has 7 heteroatoms. The second kappa shape index (κ2) is 6.54. The number of aromatic nitrogens is 3. The molecule has 1 aliphatic rings. The Bertz CT molecular complexity index is 691. The van der Waals surface area contributed by atoms with E-state index in [1.54, 1.807) is 4.68 Å². The van der Waals surface area contributed by atoms with Gasteiger partial charge >= 0.3 is 0 Å². The molecule has 0 radical (unpaired) electrons. The van der Waals surface area contributed by atoms with E-state index < -0.39 is 0 Å². The highest BCUT2D eigenvalue weighted by Gasteiger charge is 2.30. The van der Waals surface area contributed by atoms with Crippen molar-refractivity contribution >= 4 is 5.91 Å². The van der Waals surface area contributed by atoms with Crippen LogP contribution in [0.4, 0.5) is 0 Å². The van der Waals surface area contributed by atoms with E-state index in [9.17, 15) is 4.79 Å². The van der Waals surface area contributed by atoms with Crippen LogP contribution in [0.5, 0.6) is 0 Å². The summed E-state index contributed by atoms with van der Waals surface area (Å²) in [6.07, 6.45) is 0.714. The zero-order chi connectivity index (χ0) is 16.4. The van der Waals surface area contributed by atoms with Crippen LogP contribution in [0.3, 0.4) is 0 Å². The molecule has 0 aliphatic carbocycles. The van der Waals surface area contributed by atoms with E-state index >= 15 is 0 Å². The third-order valence-electron chi connectivity index (χ3n) is 4.08. The lowest BCUT2D eigenvalue weighted by molar-refractivity contribution is -0.122. The lowest BCUT2D eigenvalue weighted by atomic mass is 9.98. The Labute approximate surface area is 135 Å². The van der Waals surface area contributed by atoms with Crippen LogP contribution in [0.15, 0.2) is 16.7 Å². The van der Waals surface area contributed by atoms with Gasteiger partial charge in [0, 0.05) is 24.1 Å². The smallest absolute Gasteiger partial charge is 0.242 e. The van der Waals surface area contributed by atoms with Crippen LogP contribution in [0.2, 0.25) is 0 Å². The van der Waals surface area contributed by atoms with E-state index in [4.69, 9.17) is 9.26 Å². The molecular formula is C16H22N4O3. The number of amides is 1. The third kappa shape index (κ3) is 3.79. The van der Waals surface area contributed by atoms with Gasteiger partial charge in [0.15, 0.2) is 0 Å². The first kappa shape index (κ1) is 15.7. The molecule has 2 atom stereocenters. The highest BCUT2D eigenvalue weighted by Crippen LogP contribution is 2.19. The maximum absolute atomic E-state index is 12.3. The molecule has 1 fully saturated rings. The van der Waals surface area contributed by atoms with E-state index in [0.717, 1.165) is 22.8 Å². The van der Waals surface area contributed by atoms with Gasteiger partial charge in [-0.25, -0.2) is 0 Å². The number of aryl methyl sites for hydroxylation is 3. The first-order chi connectivity index (χ1) is 11.0. The van der Waals surface area contributed by atoms with Gasteiger partial charge in [-0.05, 0) is 26.8 Å². The van der Waals surface area contributed by atoms with Gasteiger partial charge in [-0.2, -0.15) is 5.10 Å². The molecule has 0 saturated carbocycles. The van der Waals surface area contributed by atoms with Crippen molar-refractivity contribution in [3.05, 3.63) is 35.0 Å². The summed E-state index contributed by atoms with van der Waals surface area (Å²) in [5, 5.41) is 11.3. The number of hydrogen-bond acceptors (Lipinski definition) is 5. The van der Waals surface area contributed by atoms with Gasteiger partial charge in [-0.15, -0.1) is 0 Å². The van der Waals surface area contributed by atoms with Crippen molar-refractivity contribution in [3.8, 4) is 0 Å². The van der Waals surface area contributed by atoms with Gasteiger partial charge in [-0.3, -0.25) is 9.48 Å². The first-order valence-corrected chi connectivity index (χ1v) is 7.81. The summed E-state index contributed by atoms with van der Waals surface area (Å²) in [6.45, 7) is 7.13. The number of ether oxygens (including phenoxy) is 1. The monoisotopic (exact) mass is 318 g/mol. The minimum Gasteiger partial charge on any atom is -0.379 e. The number of hydrogen-bond donors (Lipinski definition) is 1. The number of nitrogens with one attached hydrogen (secondary N) is 1. The summed E-state index contributed by atoms with van der Waals surface area (Å²) in [7, 11) is 0. The van der Waals surface area contributed by atoms with Crippen molar-refractivity contribution in [1.82, 2.24) is 20.3 Å². The Kier molecular flexibility index (Phi) is 4.47. The van der Waals surface area contributed by atoms with E-state index in [2.05, 4.69) is 15.6 Å². The van der Waals surface area contributed by atoms with Crippen molar-refractivity contribution in [1.29, 1.82) is 0 Å². The van der Waals surface area contributed by atoms with Crippen LogP contribution in [0.1, 0.15) is 22.8 Å². The molecule has 0 spiro atoms. The molecule has 3 rings (SSSR count). The Hall–Kier alpha value is -2.15. The molecule has 0 bridgehead atoms. The minimum atomic E-state index is -0.0505. The molecule has 1 aliphatic heterocycles. The molecule has 3 heterocycles. The fourth-order valence-corrected chi connectivity index (χ4v) is 2.95. The van der Waals surface area contributed by atoms with Gasteiger partial charge in [0.2, 0.25) is 5.91 Å². The van der Waals surface area contributed by atoms with Crippen LogP contribution in [-0.4, -0.2) is 40.1 Å². The molecule has 1 N–H and O–H groups in total. The molecule has 1 saturated heterocycles. The fourth-order valence-electron chi connectivity index (χ4n) is 2.95. The summed E-state index contributed by atoms with van der Waals surface area (Å²) >= 11 is 0. The van der Waals surface area contributed by atoms with Crippen LogP contribution < -0.4 is 5.32 Å². The molecule has 0 unspecified atom stereocenters. The van der Waals surface area contributed by atoms with Crippen molar-refractivity contribution in [3.63, 3.8) is 0 Å². The average molecular weight is 318 g/mol. The van der Waals surface area contributed by atoms with E-state index in [-0.39, 0.29) is 24.4 Å². The van der Waals surface area contributed by atoms with E-state index in [1.807, 2.05) is 32.9 Å². The SMILES string of the molecule is Cc1cc(C[C@@H]2COC[C@@H]2NC(=O)Cn2nc(C)cc2C)on1. The average Bonchev–Trinajstić information content (AvgIpc) is 3.15. The summed E-state index contributed by atoms with van der Waals surface area (Å²) in [4.78, 5) is 12.3. The quantitative estimate of drug-likeness (QED) is 0.895. The number of rotatable bonds is 5. The highest BCUT2D eigenvalue weighted by molar-refractivity contribution is 5.76. The molecule has 7 nitrogen and oxygen atoms in total. The van der Waals surface area contributed by atoms with Gasteiger partial charge in [0.1, 0.15) is 12.3 Å². The molecule has 2 aromatic heterocycles. The van der Waals surface area contributed by atoms with Crippen LogP contribution in [0, 0.1) is 26.7 Å². The Balaban J connectivity index is 1.57. The standard InChI is InChI=1S/C16H22N4O3/c1-10-4-12(3)20(18-10)7-16(21)17-15-9-22-8-13(15)6-14-5-11(2)19-23-14/h4-5,13,15H,6-9H2,1-3H3,(H,17,21)/t13-,15+/m1/s1. The summed E-state index contributed by atoms with van der Waals surface area (Å²) in [5.74, 6) is 0.980.